The van der Waals surface area contributed by atoms with Gasteiger partial charge < -0.3 is 20.4 Å². The normalized spacial score (nSPS) is 26.2. The maximum Gasteiger partial charge on any atom is 0.246 e. The van der Waals surface area contributed by atoms with Crippen molar-refractivity contribution in [3.63, 3.8) is 0 Å². The van der Waals surface area contributed by atoms with Crippen molar-refractivity contribution >= 4 is 23.6 Å². The molecule has 2 N–H and O–H groups in total. The van der Waals surface area contributed by atoms with Gasteiger partial charge in [0.1, 0.15) is 18.1 Å². The summed E-state index contributed by atoms with van der Waals surface area (Å²) in [6, 6.07) is -2.31. The highest BCUT2D eigenvalue weighted by Crippen LogP contribution is 2.14. The molecule has 3 atom stereocenters. The highest BCUT2D eigenvalue weighted by molar-refractivity contribution is 5.96. The van der Waals surface area contributed by atoms with E-state index in [1.54, 1.807) is 13.0 Å². The van der Waals surface area contributed by atoms with Crippen molar-refractivity contribution in [3.05, 3.63) is 12.7 Å². The topological polar surface area (TPSA) is 98.8 Å². The van der Waals surface area contributed by atoms with Crippen molar-refractivity contribution in [2.75, 3.05) is 20.6 Å². The van der Waals surface area contributed by atoms with Crippen molar-refractivity contribution < 1.29 is 19.2 Å². The summed E-state index contributed by atoms with van der Waals surface area (Å²) < 4.78 is 0. The van der Waals surface area contributed by atoms with Gasteiger partial charge in [-0.15, -0.1) is 6.58 Å². The van der Waals surface area contributed by atoms with E-state index in [4.69, 9.17) is 0 Å². The summed E-state index contributed by atoms with van der Waals surface area (Å²) in [5, 5.41) is 5.18. The van der Waals surface area contributed by atoms with Gasteiger partial charge in [0, 0.05) is 14.1 Å². The third-order valence-electron chi connectivity index (χ3n) is 4.56. The van der Waals surface area contributed by atoms with E-state index < -0.39 is 29.9 Å². The lowest BCUT2D eigenvalue weighted by atomic mass is 10.0. The summed E-state index contributed by atoms with van der Waals surface area (Å²) in [4.78, 5) is 52.8. The molecule has 0 unspecified atom stereocenters. The lowest BCUT2D eigenvalue weighted by Gasteiger charge is -2.35. The average molecular weight is 366 g/mol. The summed E-state index contributed by atoms with van der Waals surface area (Å²) in [5.74, 6) is -1.38. The SMILES string of the molecule is C=CC[C@H]1C(=O)N(C)[C@H](C)C(=O)NCC(=O)N[C@@H](CC(C)C)C(=O)N1C. The summed E-state index contributed by atoms with van der Waals surface area (Å²) in [6.07, 6.45) is 2.25. The van der Waals surface area contributed by atoms with Gasteiger partial charge in [-0.2, -0.15) is 0 Å². The number of nitrogens with one attached hydrogen (secondary N) is 2. The first-order valence-electron chi connectivity index (χ1n) is 8.81. The molecule has 1 heterocycles. The number of likely N-dealkylation sites (N-methyl/N-ethyl adjacent to an activating group) is 2. The quantitative estimate of drug-likeness (QED) is 0.679. The molecule has 1 aliphatic rings. The van der Waals surface area contributed by atoms with Crippen molar-refractivity contribution in [1.82, 2.24) is 20.4 Å². The van der Waals surface area contributed by atoms with Crippen LogP contribution in [0.4, 0.5) is 0 Å². The Balaban J connectivity index is 3.26. The zero-order valence-corrected chi connectivity index (χ0v) is 16.2. The summed E-state index contributed by atoms with van der Waals surface area (Å²) in [5.41, 5.74) is 0. The highest BCUT2D eigenvalue weighted by Gasteiger charge is 2.36. The molecule has 0 aromatic carbocycles. The van der Waals surface area contributed by atoms with Crippen LogP contribution in [0.5, 0.6) is 0 Å². The maximum atomic E-state index is 12.9. The van der Waals surface area contributed by atoms with Crippen LogP contribution in [0.3, 0.4) is 0 Å². The number of hydrogen-bond acceptors (Lipinski definition) is 4. The first-order chi connectivity index (χ1) is 12.1. The Hall–Kier alpha value is -2.38. The Bertz CT molecular complexity index is 576. The second kappa shape index (κ2) is 9.35. The van der Waals surface area contributed by atoms with Crippen LogP contribution in [-0.2, 0) is 19.2 Å². The molecule has 8 nitrogen and oxygen atoms in total. The van der Waals surface area contributed by atoms with E-state index >= 15 is 0 Å². The van der Waals surface area contributed by atoms with Gasteiger partial charge in [-0.1, -0.05) is 19.9 Å². The molecule has 0 aromatic heterocycles. The van der Waals surface area contributed by atoms with Crippen LogP contribution >= 0.6 is 0 Å². The molecule has 4 amide bonds. The minimum atomic E-state index is -0.786. The molecular weight excluding hydrogens is 336 g/mol. The van der Waals surface area contributed by atoms with E-state index in [1.807, 2.05) is 13.8 Å². The zero-order chi connectivity index (χ0) is 20.0. The molecule has 1 fully saturated rings. The molecule has 0 saturated carbocycles. The van der Waals surface area contributed by atoms with E-state index in [-0.39, 0.29) is 30.7 Å². The average Bonchev–Trinajstić information content (AvgIpc) is 2.59. The fourth-order valence-corrected chi connectivity index (χ4v) is 2.84. The highest BCUT2D eigenvalue weighted by atomic mass is 16.2. The monoisotopic (exact) mass is 366 g/mol. The van der Waals surface area contributed by atoms with Crippen molar-refractivity contribution in [2.45, 2.75) is 51.7 Å². The number of nitrogens with zero attached hydrogens (tertiary/aromatic N) is 2. The fraction of sp³-hybridized carbons (Fsp3) is 0.667. The number of rotatable bonds is 4. The van der Waals surface area contributed by atoms with E-state index in [1.165, 1.54) is 23.9 Å². The molecule has 1 aliphatic heterocycles. The first-order valence-corrected chi connectivity index (χ1v) is 8.81. The number of amides is 4. The second-order valence-electron chi connectivity index (χ2n) is 7.08. The van der Waals surface area contributed by atoms with E-state index in [9.17, 15) is 19.2 Å². The van der Waals surface area contributed by atoms with Crippen LogP contribution in [0, 0.1) is 5.92 Å². The van der Waals surface area contributed by atoms with Crippen LogP contribution in [-0.4, -0.2) is 72.2 Å². The Morgan fingerprint density at radius 3 is 2.31 bits per heavy atom. The Kier molecular flexibility index (Phi) is 7.79. The van der Waals surface area contributed by atoms with Gasteiger partial charge >= 0.3 is 0 Å². The zero-order valence-electron chi connectivity index (χ0n) is 16.2. The molecule has 0 bridgehead atoms. The Morgan fingerprint density at radius 2 is 1.77 bits per heavy atom. The standard InChI is InChI=1S/C18H30N4O4/c1-7-8-14-18(26)21(5)12(4)16(24)19-10-15(23)20-13(9-11(2)3)17(25)22(14)6/h7,11-14H,1,8-10H2,2-6H3,(H,19,24)(H,20,23)/t12-,13+,14+/m1/s1. The van der Waals surface area contributed by atoms with Gasteiger partial charge in [-0.05, 0) is 25.7 Å². The molecule has 1 rings (SSSR count). The van der Waals surface area contributed by atoms with E-state index in [2.05, 4.69) is 17.2 Å². The van der Waals surface area contributed by atoms with Gasteiger partial charge in [-0.3, -0.25) is 19.2 Å². The molecule has 146 valence electrons. The van der Waals surface area contributed by atoms with Crippen LogP contribution in [0.25, 0.3) is 0 Å². The largest absolute Gasteiger partial charge is 0.345 e. The third kappa shape index (κ3) is 5.31. The van der Waals surface area contributed by atoms with Crippen molar-refractivity contribution in [2.24, 2.45) is 5.92 Å². The molecule has 26 heavy (non-hydrogen) atoms. The third-order valence-corrected chi connectivity index (χ3v) is 4.56. The summed E-state index contributed by atoms with van der Waals surface area (Å²) >= 11 is 0. The molecule has 0 spiro atoms. The van der Waals surface area contributed by atoms with Gasteiger partial charge in [0.05, 0.1) is 6.54 Å². The summed E-state index contributed by atoms with van der Waals surface area (Å²) in [6.45, 7) is 8.88. The minimum absolute atomic E-state index is 0.163. The lowest BCUT2D eigenvalue weighted by Crippen LogP contribution is -2.59. The van der Waals surface area contributed by atoms with Gasteiger partial charge in [0.25, 0.3) is 0 Å². The Labute approximate surface area is 155 Å². The number of carbonyl (C=O) groups excluding carboxylic acids is 4. The van der Waals surface area contributed by atoms with E-state index in [0.29, 0.717) is 6.42 Å². The Morgan fingerprint density at radius 1 is 1.15 bits per heavy atom. The smallest absolute Gasteiger partial charge is 0.246 e. The van der Waals surface area contributed by atoms with Crippen molar-refractivity contribution in [3.8, 4) is 0 Å². The molecule has 0 aliphatic carbocycles. The minimum Gasteiger partial charge on any atom is -0.345 e. The lowest BCUT2D eigenvalue weighted by molar-refractivity contribution is -0.149. The molecule has 8 heteroatoms. The molecule has 1 saturated heterocycles. The van der Waals surface area contributed by atoms with Gasteiger partial charge in [0.15, 0.2) is 0 Å². The predicted octanol–water partition coefficient (Wildman–Crippen LogP) is -0.103. The van der Waals surface area contributed by atoms with Crippen LogP contribution < -0.4 is 10.6 Å². The number of hydrogen-bond donors (Lipinski definition) is 2. The maximum absolute atomic E-state index is 12.9. The van der Waals surface area contributed by atoms with Crippen LogP contribution in [0.2, 0.25) is 0 Å². The molecule has 0 radical (unpaired) electrons. The fourth-order valence-electron chi connectivity index (χ4n) is 2.84. The van der Waals surface area contributed by atoms with Gasteiger partial charge in [-0.25, -0.2) is 0 Å². The summed E-state index contributed by atoms with van der Waals surface area (Å²) in [7, 11) is 3.05. The van der Waals surface area contributed by atoms with E-state index in [0.717, 1.165) is 0 Å². The number of carbonyl (C=O) groups is 4. The predicted molar refractivity (Wildman–Crippen MR) is 98.0 cm³/mol. The molecular formula is C18H30N4O4. The van der Waals surface area contributed by atoms with Gasteiger partial charge in [0.2, 0.25) is 23.6 Å². The first kappa shape index (κ1) is 21.7. The van der Waals surface area contributed by atoms with Crippen LogP contribution in [0.15, 0.2) is 12.7 Å². The molecule has 0 aromatic rings. The van der Waals surface area contributed by atoms with Crippen LogP contribution in [0.1, 0.15) is 33.6 Å². The van der Waals surface area contributed by atoms with Crippen molar-refractivity contribution in [1.29, 1.82) is 0 Å². The second-order valence-corrected chi connectivity index (χ2v) is 7.08.